The lowest BCUT2D eigenvalue weighted by molar-refractivity contribution is 0.475. The molecule has 0 aliphatic rings. The Morgan fingerprint density at radius 3 is 2.33 bits per heavy atom. The molecule has 4 heteroatoms. The number of rotatable bonds is 5. The highest BCUT2D eigenvalue weighted by Crippen LogP contribution is 2.31. The van der Waals surface area contributed by atoms with Gasteiger partial charge >= 0.3 is 0 Å². The molecule has 0 radical (unpaired) electrons. The third kappa shape index (κ3) is 3.55. The predicted molar refractivity (Wildman–Crippen MR) is 91.7 cm³/mol. The van der Waals surface area contributed by atoms with E-state index in [1.54, 1.807) is 0 Å². The minimum absolute atomic E-state index is 0.146. The van der Waals surface area contributed by atoms with Gasteiger partial charge in [-0.15, -0.1) is 0 Å². The van der Waals surface area contributed by atoms with Crippen molar-refractivity contribution in [2.24, 2.45) is 0 Å². The Morgan fingerprint density at radius 1 is 1.19 bits per heavy atom. The lowest BCUT2D eigenvalue weighted by Gasteiger charge is -2.23. The molecule has 21 heavy (non-hydrogen) atoms. The first-order valence-electron chi connectivity index (χ1n) is 7.48. The fourth-order valence-corrected chi connectivity index (χ4v) is 3.29. The molecule has 2 rings (SSSR count). The Morgan fingerprint density at radius 2 is 1.81 bits per heavy atom. The van der Waals surface area contributed by atoms with Crippen LogP contribution in [0.5, 0.6) is 0 Å². The summed E-state index contributed by atoms with van der Waals surface area (Å²) in [4.78, 5) is 0. The third-order valence-corrected chi connectivity index (χ3v) is 4.15. The van der Waals surface area contributed by atoms with Crippen LogP contribution in [-0.2, 0) is 0 Å². The second-order valence-electron chi connectivity index (χ2n) is 5.83. The third-order valence-electron chi connectivity index (χ3n) is 3.54. The van der Waals surface area contributed by atoms with Crippen LogP contribution in [-0.4, -0.2) is 16.3 Å². The van der Waals surface area contributed by atoms with Crippen LogP contribution in [0.3, 0.4) is 0 Å². The molecule has 114 valence electrons. The normalized spacial score (nSPS) is 12.9. The van der Waals surface area contributed by atoms with Gasteiger partial charge in [0.15, 0.2) is 0 Å². The maximum atomic E-state index is 4.52. The van der Waals surface area contributed by atoms with Gasteiger partial charge in [0, 0.05) is 6.04 Å². The van der Waals surface area contributed by atoms with Crippen molar-refractivity contribution in [1.29, 1.82) is 0 Å². The minimum atomic E-state index is 0.146. The molecule has 2 aromatic rings. The van der Waals surface area contributed by atoms with Gasteiger partial charge in [0.25, 0.3) is 0 Å². The zero-order valence-electron chi connectivity index (χ0n) is 13.4. The molecule has 0 bridgehead atoms. The zero-order valence-corrected chi connectivity index (χ0v) is 15.0. The lowest BCUT2D eigenvalue weighted by atomic mass is 9.98. The van der Waals surface area contributed by atoms with Crippen molar-refractivity contribution in [2.75, 3.05) is 6.54 Å². The average molecular weight is 350 g/mol. The van der Waals surface area contributed by atoms with Crippen LogP contribution >= 0.6 is 15.9 Å². The van der Waals surface area contributed by atoms with Crippen LogP contribution < -0.4 is 5.32 Å². The molecular formula is C17H24BrN3. The number of nitrogens with zero attached hydrogens (tertiary/aromatic N) is 2. The summed E-state index contributed by atoms with van der Waals surface area (Å²) < 4.78 is 3.15. The van der Waals surface area contributed by atoms with Crippen LogP contribution in [0.25, 0.3) is 0 Å². The smallest absolute Gasteiger partial charge is 0.0760 e. The molecule has 0 saturated carbocycles. The molecule has 3 nitrogen and oxygen atoms in total. The largest absolute Gasteiger partial charge is 0.305 e. The number of hydrogen-bond donors (Lipinski definition) is 1. The molecule has 1 N–H and O–H groups in total. The molecule has 0 aliphatic carbocycles. The van der Waals surface area contributed by atoms with Crippen LogP contribution in [0.2, 0.25) is 0 Å². The summed E-state index contributed by atoms with van der Waals surface area (Å²) in [5, 5.41) is 8.12. The number of benzene rings is 1. The van der Waals surface area contributed by atoms with Crippen molar-refractivity contribution < 1.29 is 0 Å². The van der Waals surface area contributed by atoms with Crippen LogP contribution in [0, 0.1) is 13.8 Å². The second kappa shape index (κ2) is 6.75. The molecule has 0 amide bonds. The minimum Gasteiger partial charge on any atom is -0.305 e. The number of aromatic nitrogens is 2. The van der Waals surface area contributed by atoms with Crippen molar-refractivity contribution in [2.45, 2.75) is 46.7 Å². The highest BCUT2D eigenvalue weighted by molar-refractivity contribution is 9.10. The SMILES string of the molecule is CCNC(c1cc(C)cc(C)c1)c1c(Br)cnn1C(C)C. The summed E-state index contributed by atoms with van der Waals surface area (Å²) in [6, 6.07) is 7.20. The van der Waals surface area contributed by atoms with Crippen molar-refractivity contribution in [1.82, 2.24) is 15.1 Å². The van der Waals surface area contributed by atoms with E-state index < -0.39 is 0 Å². The lowest BCUT2D eigenvalue weighted by Crippen LogP contribution is -2.26. The average Bonchev–Trinajstić information content (AvgIpc) is 2.76. The summed E-state index contributed by atoms with van der Waals surface area (Å²) >= 11 is 3.67. The molecule has 1 aromatic heterocycles. The van der Waals surface area contributed by atoms with Gasteiger partial charge in [-0.1, -0.05) is 36.2 Å². The Kier molecular flexibility index (Phi) is 5.22. The second-order valence-corrected chi connectivity index (χ2v) is 6.68. The number of aryl methyl sites for hydroxylation is 2. The fourth-order valence-electron chi connectivity index (χ4n) is 2.79. The first kappa shape index (κ1) is 16.2. The van der Waals surface area contributed by atoms with Gasteiger partial charge in [-0.2, -0.15) is 5.10 Å². The Labute approximate surface area is 135 Å². The first-order valence-corrected chi connectivity index (χ1v) is 8.27. The van der Waals surface area contributed by atoms with Gasteiger partial charge in [-0.3, -0.25) is 4.68 Å². The van der Waals surface area contributed by atoms with E-state index in [0.29, 0.717) is 6.04 Å². The molecule has 1 unspecified atom stereocenters. The van der Waals surface area contributed by atoms with E-state index in [1.807, 2.05) is 6.20 Å². The highest BCUT2D eigenvalue weighted by Gasteiger charge is 2.22. The van der Waals surface area contributed by atoms with E-state index in [0.717, 1.165) is 11.0 Å². The van der Waals surface area contributed by atoms with E-state index in [9.17, 15) is 0 Å². The summed E-state index contributed by atoms with van der Waals surface area (Å²) in [6.45, 7) is 11.7. The standard InChI is InChI=1S/C17H24BrN3/c1-6-19-16(14-8-12(4)7-13(5)9-14)17-15(18)10-20-21(17)11(2)3/h7-11,16,19H,6H2,1-5H3. The summed E-state index contributed by atoms with van der Waals surface area (Å²) in [7, 11) is 0. The highest BCUT2D eigenvalue weighted by atomic mass is 79.9. The van der Waals surface area contributed by atoms with Gasteiger partial charge in [0.05, 0.1) is 22.4 Å². The van der Waals surface area contributed by atoms with E-state index in [-0.39, 0.29) is 6.04 Å². The molecule has 0 aliphatic heterocycles. The van der Waals surface area contributed by atoms with Crippen LogP contribution in [0.1, 0.15) is 55.2 Å². The Hall–Kier alpha value is -1.13. The summed E-state index contributed by atoms with van der Waals surface area (Å²) in [6.07, 6.45) is 1.89. The van der Waals surface area contributed by atoms with Crippen LogP contribution in [0.15, 0.2) is 28.9 Å². The fraction of sp³-hybridized carbons (Fsp3) is 0.471. The quantitative estimate of drug-likeness (QED) is 0.858. The van der Waals surface area contributed by atoms with Gasteiger partial charge in [-0.05, 0) is 55.7 Å². The Balaban J connectivity index is 2.56. The van der Waals surface area contributed by atoms with Crippen LogP contribution in [0.4, 0.5) is 0 Å². The number of halogens is 1. The van der Waals surface area contributed by atoms with E-state index >= 15 is 0 Å². The van der Waals surface area contributed by atoms with E-state index in [1.165, 1.54) is 22.4 Å². The van der Waals surface area contributed by atoms with Crippen molar-refractivity contribution in [3.05, 3.63) is 51.3 Å². The van der Waals surface area contributed by atoms with E-state index in [4.69, 9.17) is 0 Å². The van der Waals surface area contributed by atoms with Crippen molar-refractivity contribution in [3.63, 3.8) is 0 Å². The Bertz CT molecular complexity index is 596. The monoisotopic (exact) mass is 349 g/mol. The summed E-state index contributed by atoms with van der Waals surface area (Å²) in [5.74, 6) is 0. The van der Waals surface area contributed by atoms with Crippen molar-refractivity contribution in [3.8, 4) is 0 Å². The maximum Gasteiger partial charge on any atom is 0.0760 e. The molecule has 1 heterocycles. The van der Waals surface area contributed by atoms with Gasteiger partial charge in [0.2, 0.25) is 0 Å². The topological polar surface area (TPSA) is 29.9 Å². The van der Waals surface area contributed by atoms with Gasteiger partial charge < -0.3 is 5.32 Å². The van der Waals surface area contributed by atoms with E-state index in [2.05, 4.69) is 83.8 Å². The first-order chi connectivity index (χ1) is 9.93. The molecule has 0 saturated heterocycles. The molecule has 1 atom stereocenters. The maximum absolute atomic E-state index is 4.52. The van der Waals surface area contributed by atoms with Gasteiger partial charge in [0.1, 0.15) is 0 Å². The van der Waals surface area contributed by atoms with Crippen molar-refractivity contribution >= 4 is 15.9 Å². The number of nitrogens with one attached hydrogen (secondary N) is 1. The summed E-state index contributed by atoms with van der Waals surface area (Å²) in [5.41, 5.74) is 5.06. The molecular weight excluding hydrogens is 326 g/mol. The predicted octanol–water partition coefficient (Wildman–Crippen LogP) is 4.54. The number of hydrogen-bond acceptors (Lipinski definition) is 2. The zero-order chi connectivity index (χ0) is 15.6. The van der Waals surface area contributed by atoms with Gasteiger partial charge in [-0.25, -0.2) is 0 Å². The molecule has 0 fully saturated rings. The molecule has 1 aromatic carbocycles. The molecule has 0 spiro atoms.